The Hall–Kier alpha value is -2.75. The van der Waals surface area contributed by atoms with Crippen molar-refractivity contribution in [3.8, 4) is 0 Å². The normalized spacial score (nSPS) is 33.0. The molecule has 3 heterocycles. The van der Waals surface area contributed by atoms with Gasteiger partial charge in [0, 0.05) is 12.7 Å². The number of carbonyl (C=O) groups excluding carboxylic acids is 5. The van der Waals surface area contributed by atoms with E-state index in [-0.39, 0.29) is 23.5 Å². The second-order valence-corrected chi connectivity index (χ2v) is 12.1. The van der Waals surface area contributed by atoms with E-state index in [1.54, 1.807) is 34.6 Å². The van der Waals surface area contributed by atoms with Crippen molar-refractivity contribution in [3.63, 3.8) is 0 Å². The van der Waals surface area contributed by atoms with Crippen LogP contribution in [0.4, 0.5) is 0 Å². The van der Waals surface area contributed by atoms with Gasteiger partial charge in [-0.2, -0.15) is 0 Å². The van der Waals surface area contributed by atoms with Crippen molar-refractivity contribution < 1.29 is 53.9 Å². The minimum absolute atomic E-state index is 0.106. The molecule has 0 radical (unpaired) electrons. The molecule has 14 nitrogen and oxygen atoms in total. The van der Waals surface area contributed by atoms with Crippen molar-refractivity contribution in [1.29, 1.82) is 0 Å². The maximum Gasteiger partial charge on any atom is 0.338 e. The predicted molar refractivity (Wildman–Crippen MR) is 140 cm³/mol. The first kappa shape index (κ1) is 33.5. The minimum Gasteiger partial charge on any atom is -0.480 e. The second-order valence-electron chi connectivity index (χ2n) is 11.1. The molecule has 40 heavy (non-hydrogen) atoms. The van der Waals surface area contributed by atoms with E-state index in [0.717, 1.165) is 6.92 Å². The van der Waals surface area contributed by atoms with Crippen molar-refractivity contribution in [1.82, 2.24) is 16.0 Å². The van der Waals surface area contributed by atoms with Crippen molar-refractivity contribution >= 4 is 46.5 Å². The van der Waals surface area contributed by atoms with Crippen LogP contribution in [0, 0.1) is 23.7 Å². The zero-order valence-corrected chi connectivity index (χ0v) is 24.3. The fourth-order valence-corrected chi connectivity index (χ4v) is 6.10. The average Bonchev–Trinajstić information content (AvgIpc) is 3.22. The zero-order chi connectivity index (χ0) is 30.9. The summed E-state index contributed by atoms with van der Waals surface area (Å²) in [6.45, 7) is 11.1. The number of aliphatic carboxylic acids is 1. The van der Waals surface area contributed by atoms with Crippen molar-refractivity contribution in [2.45, 2.75) is 90.0 Å². The Morgan fingerprint density at radius 2 is 1.50 bits per heavy atom. The van der Waals surface area contributed by atoms with Crippen LogP contribution >= 0.6 is 11.8 Å². The van der Waals surface area contributed by atoms with Gasteiger partial charge >= 0.3 is 11.9 Å². The minimum atomic E-state index is -1.92. The van der Waals surface area contributed by atoms with Gasteiger partial charge in [-0.05, 0) is 18.8 Å². The van der Waals surface area contributed by atoms with Crippen LogP contribution in [0.15, 0.2) is 0 Å². The lowest BCUT2D eigenvalue weighted by Crippen LogP contribution is -2.73. The van der Waals surface area contributed by atoms with Gasteiger partial charge in [0.05, 0.1) is 30.1 Å². The Morgan fingerprint density at radius 1 is 0.975 bits per heavy atom. The molecule has 0 spiro atoms. The van der Waals surface area contributed by atoms with Gasteiger partial charge in [-0.3, -0.25) is 19.2 Å². The highest BCUT2D eigenvalue weighted by Gasteiger charge is 2.71. The molecule has 4 unspecified atom stereocenters. The highest BCUT2D eigenvalue weighted by molar-refractivity contribution is 8.13. The predicted octanol–water partition coefficient (Wildman–Crippen LogP) is -1.85. The number of esters is 1. The summed E-state index contributed by atoms with van der Waals surface area (Å²) in [5.74, 6) is -5.36. The molecule has 0 saturated carbocycles. The molecule has 15 heteroatoms. The van der Waals surface area contributed by atoms with E-state index in [2.05, 4.69) is 16.0 Å². The molecule has 0 aliphatic carbocycles. The molecule has 3 aliphatic heterocycles. The highest BCUT2D eigenvalue weighted by Crippen LogP contribution is 2.42. The van der Waals surface area contributed by atoms with Gasteiger partial charge in [0.15, 0.2) is 5.54 Å². The lowest BCUT2D eigenvalue weighted by Gasteiger charge is -2.46. The number of thioether (sulfide) groups is 1. The van der Waals surface area contributed by atoms with Crippen LogP contribution < -0.4 is 16.0 Å². The van der Waals surface area contributed by atoms with Crippen LogP contribution in [0.1, 0.15) is 48.5 Å². The molecular formula is C25H39N3O11S. The summed E-state index contributed by atoms with van der Waals surface area (Å²) < 4.78 is 4.94. The number of hydrogen-bond donors (Lipinski definition) is 7. The first-order chi connectivity index (χ1) is 18.4. The molecule has 7 N–H and O–H groups in total. The third-order valence-electron chi connectivity index (χ3n) is 7.49. The SMILES string of the molecule is CC(=O)NC(CSC(=O)C1(C(O)C(C)C)NC(=O)[C@H](C)C1O)C(=O)O.CC(C)[C@H](O)[C@@]12NC(=O)[C@H](C)[C@@H]1OC2=O. The molecule has 0 aromatic carbocycles. The van der Waals surface area contributed by atoms with Crippen LogP contribution in [0.25, 0.3) is 0 Å². The van der Waals surface area contributed by atoms with Crippen LogP contribution in [0.3, 0.4) is 0 Å². The molecular weight excluding hydrogens is 550 g/mol. The van der Waals surface area contributed by atoms with Crippen LogP contribution in [-0.2, 0) is 33.5 Å². The molecule has 0 aromatic rings. The van der Waals surface area contributed by atoms with E-state index in [1.165, 1.54) is 6.92 Å². The maximum absolute atomic E-state index is 12.8. The van der Waals surface area contributed by atoms with Gasteiger partial charge in [0.25, 0.3) is 0 Å². The molecule has 226 valence electrons. The molecule has 3 saturated heterocycles. The molecule has 0 bridgehead atoms. The van der Waals surface area contributed by atoms with E-state index in [1.807, 2.05) is 0 Å². The number of nitrogens with one attached hydrogen (secondary N) is 3. The summed E-state index contributed by atoms with van der Waals surface area (Å²) in [4.78, 5) is 69.8. The molecule has 9 atom stereocenters. The van der Waals surface area contributed by atoms with Crippen LogP contribution in [-0.4, -0.2) is 102 Å². The number of aliphatic hydroxyl groups excluding tert-OH is 3. The summed E-state index contributed by atoms with van der Waals surface area (Å²) in [7, 11) is 0. The van der Waals surface area contributed by atoms with E-state index < -0.39 is 82.2 Å². The lowest BCUT2D eigenvalue weighted by molar-refractivity contribution is -0.207. The second kappa shape index (κ2) is 12.4. The Labute approximate surface area is 236 Å². The quantitative estimate of drug-likeness (QED) is 0.147. The maximum atomic E-state index is 12.8. The van der Waals surface area contributed by atoms with Crippen molar-refractivity contribution in [2.75, 3.05) is 5.75 Å². The first-order valence-electron chi connectivity index (χ1n) is 12.9. The Balaban J connectivity index is 0.000000315. The van der Waals surface area contributed by atoms with Gasteiger partial charge in [-0.1, -0.05) is 46.4 Å². The molecule has 3 aliphatic rings. The summed E-state index contributed by atoms with van der Waals surface area (Å²) in [5.41, 5.74) is -3.11. The number of hydrogen-bond acceptors (Lipinski definition) is 11. The fourth-order valence-electron chi connectivity index (χ4n) is 5.02. The van der Waals surface area contributed by atoms with Crippen LogP contribution in [0.2, 0.25) is 0 Å². The summed E-state index contributed by atoms with van der Waals surface area (Å²) in [5, 5.41) is 46.4. The van der Waals surface area contributed by atoms with Crippen LogP contribution in [0.5, 0.6) is 0 Å². The monoisotopic (exact) mass is 589 g/mol. The van der Waals surface area contributed by atoms with E-state index in [4.69, 9.17) is 9.84 Å². The standard InChI is InChI=1S/C15H24N2O7S.C10H15NO4/c1-6(2)10(19)15(11(20)7(3)12(21)17-15)14(24)25-5-9(13(22)23)16-8(4)18;1-4(2)6(12)10-7(15-9(10)14)5(3)8(13)11-10/h6-7,9-11,19-20H,5H2,1-4H3,(H,16,18)(H,17,21)(H,22,23);4-7,12H,1-3H3,(H,11,13)/t7-,9?,10?,11?,15?;5-,6+,7+,10-/m11/s1. The Morgan fingerprint density at radius 3 is 1.88 bits per heavy atom. The molecule has 3 rings (SSSR count). The number of carboxylic acids is 1. The fraction of sp³-hybridized carbons (Fsp3) is 0.760. The van der Waals surface area contributed by atoms with E-state index in [9.17, 15) is 44.1 Å². The largest absolute Gasteiger partial charge is 0.480 e. The van der Waals surface area contributed by atoms with Gasteiger partial charge in [-0.15, -0.1) is 0 Å². The lowest BCUT2D eigenvalue weighted by atomic mass is 9.76. The van der Waals surface area contributed by atoms with Gasteiger partial charge in [0.2, 0.25) is 28.4 Å². The first-order valence-corrected chi connectivity index (χ1v) is 13.9. The number of carboxylic acid groups (broad SMARTS) is 1. The molecule has 3 amide bonds. The number of ether oxygens (including phenoxy) is 1. The molecule has 3 fully saturated rings. The number of fused-ring (bicyclic) bond motifs is 1. The number of carbonyl (C=O) groups is 6. The van der Waals surface area contributed by atoms with Gasteiger partial charge in [0.1, 0.15) is 12.1 Å². The average molecular weight is 590 g/mol. The summed E-state index contributed by atoms with van der Waals surface area (Å²) in [6.07, 6.45) is -4.23. The third-order valence-corrected chi connectivity index (χ3v) is 8.59. The topological polar surface area (TPSA) is 229 Å². The Bertz CT molecular complexity index is 1050. The third kappa shape index (κ3) is 5.83. The number of aliphatic hydroxyl groups is 3. The van der Waals surface area contributed by atoms with Crippen molar-refractivity contribution in [3.05, 3.63) is 0 Å². The summed E-state index contributed by atoms with van der Waals surface area (Å²) >= 11 is 0.535. The number of rotatable bonds is 9. The van der Waals surface area contributed by atoms with E-state index >= 15 is 0 Å². The molecule has 0 aromatic heterocycles. The zero-order valence-electron chi connectivity index (χ0n) is 23.5. The number of amides is 3. The van der Waals surface area contributed by atoms with E-state index in [0.29, 0.717) is 11.8 Å². The van der Waals surface area contributed by atoms with Crippen molar-refractivity contribution in [2.24, 2.45) is 23.7 Å². The summed E-state index contributed by atoms with van der Waals surface area (Å²) in [6, 6.07) is -1.31. The van der Waals surface area contributed by atoms with Gasteiger partial charge < -0.3 is 41.1 Å². The smallest absolute Gasteiger partial charge is 0.338 e. The van der Waals surface area contributed by atoms with Gasteiger partial charge in [-0.25, -0.2) is 9.59 Å². The Kier molecular flexibility index (Phi) is 10.4. The highest BCUT2D eigenvalue weighted by atomic mass is 32.2.